The van der Waals surface area contributed by atoms with Crippen LogP contribution in [0.1, 0.15) is 22.1 Å². The second kappa shape index (κ2) is 5.97. The Balaban J connectivity index is 1.59. The first-order chi connectivity index (χ1) is 11.8. The van der Waals surface area contributed by atoms with Crippen molar-refractivity contribution in [1.82, 2.24) is 30.3 Å². The lowest BCUT2D eigenvalue weighted by Gasteiger charge is -2.15. The van der Waals surface area contributed by atoms with Crippen molar-refractivity contribution in [3.05, 3.63) is 48.0 Å². The largest absolute Gasteiger partial charge is 0.379 e. The number of carbonyl (C=O) groups excluding carboxylic acids is 1. The van der Waals surface area contributed by atoms with E-state index in [0.29, 0.717) is 24.3 Å². The van der Waals surface area contributed by atoms with Gasteiger partial charge in [0.15, 0.2) is 0 Å². The number of carbonyl (C=O) groups is 1. The minimum atomic E-state index is -0.152. The highest BCUT2D eigenvalue weighted by Crippen LogP contribution is 2.28. The minimum Gasteiger partial charge on any atom is -0.379 e. The Morgan fingerprint density at radius 2 is 2.08 bits per heavy atom. The van der Waals surface area contributed by atoms with Gasteiger partial charge < -0.3 is 9.64 Å². The Morgan fingerprint density at radius 3 is 2.83 bits per heavy atom. The molecule has 1 aliphatic rings. The molecule has 0 aliphatic carbocycles. The van der Waals surface area contributed by atoms with E-state index in [0.717, 1.165) is 11.2 Å². The molecule has 2 atom stereocenters. The number of nitrogens with one attached hydrogen (secondary N) is 1. The normalized spacial score (nSPS) is 20.6. The summed E-state index contributed by atoms with van der Waals surface area (Å²) in [6, 6.07) is 7.49. The third-order valence-electron chi connectivity index (χ3n) is 4.34. The van der Waals surface area contributed by atoms with Crippen molar-refractivity contribution in [3.63, 3.8) is 0 Å². The number of hydrogen-bond acceptors (Lipinski definition) is 6. The summed E-state index contributed by atoms with van der Waals surface area (Å²) in [5.74, 6) is -0.160. The van der Waals surface area contributed by atoms with Crippen molar-refractivity contribution >= 4 is 16.9 Å². The number of aromatic amines is 1. The van der Waals surface area contributed by atoms with Crippen LogP contribution in [0.3, 0.4) is 0 Å². The molecule has 2 aromatic heterocycles. The number of rotatable bonds is 3. The number of ether oxygens (including phenoxy) is 1. The van der Waals surface area contributed by atoms with Crippen LogP contribution in [0.25, 0.3) is 11.0 Å². The van der Waals surface area contributed by atoms with Crippen LogP contribution in [0.5, 0.6) is 0 Å². The van der Waals surface area contributed by atoms with E-state index in [1.54, 1.807) is 18.2 Å². The van der Waals surface area contributed by atoms with Gasteiger partial charge in [0.05, 0.1) is 41.1 Å². The lowest BCUT2D eigenvalue weighted by molar-refractivity contribution is 0.0709. The van der Waals surface area contributed by atoms with Crippen LogP contribution >= 0.6 is 0 Å². The van der Waals surface area contributed by atoms with Gasteiger partial charge in [0.1, 0.15) is 5.69 Å². The highest BCUT2D eigenvalue weighted by molar-refractivity contribution is 5.94. The quantitative estimate of drug-likeness (QED) is 0.772. The molecule has 0 unspecified atom stereocenters. The molecule has 0 saturated carbocycles. The molecule has 1 saturated heterocycles. The monoisotopic (exact) mass is 324 g/mol. The van der Waals surface area contributed by atoms with Gasteiger partial charge in [-0.3, -0.25) is 9.78 Å². The van der Waals surface area contributed by atoms with E-state index in [1.165, 1.54) is 6.20 Å². The Kier molecular flexibility index (Phi) is 3.66. The SMILES string of the molecule is CO[C@@H]1CN(C(=O)c2cnc3ccccc3n2)C[C@H]1c1cn[nH]n1. The number of aromatic nitrogens is 5. The molecule has 3 aromatic rings. The van der Waals surface area contributed by atoms with E-state index in [2.05, 4.69) is 25.4 Å². The molecule has 0 spiro atoms. The van der Waals surface area contributed by atoms with Crippen LogP contribution in [0.2, 0.25) is 0 Å². The van der Waals surface area contributed by atoms with E-state index >= 15 is 0 Å². The predicted octanol–water partition coefficient (Wildman–Crippen LogP) is 1.00. The van der Waals surface area contributed by atoms with Crippen molar-refractivity contribution in [2.45, 2.75) is 12.0 Å². The molecule has 122 valence electrons. The van der Waals surface area contributed by atoms with Gasteiger partial charge >= 0.3 is 0 Å². The highest BCUT2D eigenvalue weighted by atomic mass is 16.5. The maximum Gasteiger partial charge on any atom is 0.274 e. The zero-order valence-electron chi connectivity index (χ0n) is 13.1. The molecule has 3 heterocycles. The predicted molar refractivity (Wildman–Crippen MR) is 85.4 cm³/mol. The van der Waals surface area contributed by atoms with Gasteiger partial charge in [-0.15, -0.1) is 0 Å². The molecule has 8 nitrogen and oxygen atoms in total. The Hall–Kier alpha value is -2.87. The lowest BCUT2D eigenvalue weighted by atomic mass is 10.0. The zero-order chi connectivity index (χ0) is 16.5. The van der Waals surface area contributed by atoms with Crippen LogP contribution in [0.15, 0.2) is 36.7 Å². The number of para-hydroxylation sites is 2. The molecular weight excluding hydrogens is 308 g/mol. The average Bonchev–Trinajstić information content (AvgIpc) is 3.29. The van der Waals surface area contributed by atoms with Gasteiger partial charge in [0.25, 0.3) is 5.91 Å². The fraction of sp³-hybridized carbons (Fsp3) is 0.312. The second-order valence-electron chi connectivity index (χ2n) is 5.73. The summed E-state index contributed by atoms with van der Waals surface area (Å²) in [6.07, 6.45) is 3.07. The van der Waals surface area contributed by atoms with Crippen LogP contribution in [0.4, 0.5) is 0 Å². The molecule has 1 N–H and O–H groups in total. The van der Waals surface area contributed by atoms with Gasteiger partial charge in [-0.05, 0) is 12.1 Å². The van der Waals surface area contributed by atoms with Crippen molar-refractivity contribution in [3.8, 4) is 0 Å². The van der Waals surface area contributed by atoms with Crippen LogP contribution < -0.4 is 0 Å². The summed E-state index contributed by atoms with van der Waals surface area (Å²) in [7, 11) is 1.64. The number of amides is 1. The van der Waals surface area contributed by atoms with Crippen molar-refractivity contribution in [2.75, 3.05) is 20.2 Å². The molecule has 0 radical (unpaired) electrons. The number of fused-ring (bicyclic) bond motifs is 1. The second-order valence-corrected chi connectivity index (χ2v) is 5.73. The van der Waals surface area contributed by atoms with Gasteiger partial charge in [0, 0.05) is 20.2 Å². The smallest absolute Gasteiger partial charge is 0.274 e. The first-order valence-electron chi connectivity index (χ1n) is 7.66. The summed E-state index contributed by atoms with van der Waals surface area (Å²) >= 11 is 0. The van der Waals surface area contributed by atoms with Crippen molar-refractivity contribution in [2.24, 2.45) is 0 Å². The molecule has 24 heavy (non-hydrogen) atoms. The number of hydrogen-bond donors (Lipinski definition) is 1. The molecule has 8 heteroatoms. The van der Waals surface area contributed by atoms with Crippen molar-refractivity contribution in [1.29, 1.82) is 0 Å². The standard InChI is InChI=1S/C16H16N6O2/c1-24-15-9-22(8-10(15)13-7-18-21-20-13)16(23)14-6-17-11-4-2-3-5-12(11)19-14/h2-7,10,15H,8-9H2,1H3,(H,18,20,21)/t10-,15+/m0/s1. The van der Waals surface area contributed by atoms with Gasteiger partial charge in [-0.2, -0.15) is 15.4 Å². The highest BCUT2D eigenvalue weighted by Gasteiger charge is 2.38. The van der Waals surface area contributed by atoms with Crippen LogP contribution in [0, 0.1) is 0 Å². The molecule has 4 rings (SSSR count). The first kappa shape index (κ1) is 14.7. The van der Waals surface area contributed by atoms with E-state index < -0.39 is 0 Å². The fourth-order valence-corrected chi connectivity index (χ4v) is 3.07. The van der Waals surface area contributed by atoms with Crippen molar-refractivity contribution < 1.29 is 9.53 Å². The maximum atomic E-state index is 12.8. The summed E-state index contributed by atoms with van der Waals surface area (Å²) in [6.45, 7) is 1.000. The molecule has 1 aromatic carbocycles. The summed E-state index contributed by atoms with van der Waals surface area (Å²) in [4.78, 5) is 23.3. The van der Waals surface area contributed by atoms with Gasteiger partial charge in [-0.25, -0.2) is 4.98 Å². The van der Waals surface area contributed by atoms with E-state index in [1.807, 2.05) is 24.3 Å². The van der Waals surface area contributed by atoms with Gasteiger partial charge in [-0.1, -0.05) is 12.1 Å². The topological polar surface area (TPSA) is 96.9 Å². The zero-order valence-corrected chi connectivity index (χ0v) is 13.1. The molecule has 1 amide bonds. The molecular formula is C16H16N6O2. The first-order valence-corrected chi connectivity index (χ1v) is 7.66. The van der Waals surface area contributed by atoms with Gasteiger partial charge in [0.2, 0.25) is 0 Å². The number of methoxy groups -OCH3 is 1. The third-order valence-corrected chi connectivity index (χ3v) is 4.34. The van der Waals surface area contributed by atoms with Crippen LogP contribution in [-0.2, 0) is 4.74 Å². The minimum absolute atomic E-state index is 0.00823. The number of H-pyrrole nitrogens is 1. The molecule has 0 bridgehead atoms. The Bertz CT molecular complexity index is 866. The summed E-state index contributed by atoms with van der Waals surface area (Å²) in [5, 5.41) is 10.6. The van der Waals surface area contributed by atoms with E-state index in [4.69, 9.17) is 4.74 Å². The average molecular weight is 324 g/mol. The Labute approximate surface area is 137 Å². The van der Waals surface area contributed by atoms with E-state index in [9.17, 15) is 4.79 Å². The fourth-order valence-electron chi connectivity index (χ4n) is 3.07. The maximum absolute atomic E-state index is 12.8. The lowest BCUT2D eigenvalue weighted by Crippen LogP contribution is -2.30. The Morgan fingerprint density at radius 1 is 1.25 bits per heavy atom. The number of benzene rings is 1. The van der Waals surface area contributed by atoms with E-state index in [-0.39, 0.29) is 17.9 Å². The number of likely N-dealkylation sites (tertiary alicyclic amines) is 1. The molecule has 1 aliphatic heterocycles. The number of nitrogens with zero attached hydrogens (tertiary/aromatic N) is 5. The third kappa shape index (κ3) is 2.50. The molecule has 1 fully saturated rings. The van der Waals surface area contributed by atoms with Crippen LogP contribution in [-0.4, -0.2) is 62.5 Å². The summed E-state index contributed by atoms with van der Waals surface area (Å²) < 4.78 is 5.52. The summed E-state index contributed by atoms with van der Waals surface area (Å²) in [5.41, 5.74) is 2.61.